The fourth-order valence-corrected chi connectivity index (χ4v) is 6.11. The first kappa shape index (κ1) is 31.1. The maximum Gasteiger partial charge on any atom is 0.272 e. The molecule has 2 amide bonds. The van der Waals surface area contributed by atoms with Gasteiger partial charge in [-0.15, -0.1) is 0 Å². The third-order valence-corrected chi connectivity index (χ3v) is 8.83. The number of nitrogens with zero attached hydrogens (tertiary/aromatic N) is 5. The van der Waals surface area contributed by atoms with Crippen molar-refractivity contribution in [2.45, 2.75) is 38.0 Å². The highest BCUT2D eigenvalue weighted by atomic mass is 19.1. The average molecular weight is 625 g/mol. The number of amides is 2. The van der Waals surface area contributed by atoms with E-state index in [1.807, 2.05) is 36.5 Å². The predicted octanol–water partition coefficient (Wildman–Crippen LogP) is 4.35. The number of hydrogen-bond acceptors (Lipinski definition) is 7. The van der Waals surface area contributed by atoms with E-state index in [1.165, 1.54) is 12.3 Å². The topological polar surface area (TPSA) is 110 Å². The zero-order valence-corrected chi connectivity index (χ0v) is 25.7. The monoisotopic (exact) mass is 624 g/mol. The number of alkyl halides is 1. The predicted molar refractivity (Wildman–Crippen MR) is 170 cm³/mol. The molecule has 2 atom stereocenters. The van der Waals surface area contributed by atoms with Crippen molar-refractivity contribution in [2.75, 3.05) is 33.3 Å². The number of Topliss-reactive ketones (excluding diaryl/α,β-unsaturated/α-hetero) is 1. The maximum absolute atomic E-state index is 15.1. The first-order valence-corrected chi connectivity index (χ1v) is 15.6. The smallest absolute Gasteiger partial charge is 0.272 e. The van der Waals surface area contributed by atoms with Crippen molar-refractivity contribution in [1.82, 2.24) is 29.9 Å². The minimum atomic E-state index is -1.21. The van der Waals surface area contributed by atoms with Crippen molar-refractivity contribution in [2.24, 2.45) is 5.92 Å². The standard InChI is InChI=1S/C35H37FN6O4/c1-46-29-10-5-25(6-11-29)33(43)26-13-19-41(20-14-26)35(45)32-12-7-27(21-37-32)34(44)39-31-15-18-40(23-30(31)36)22-24-3-8-28(9-4-24)42-17-2-16-38-42/h2-12,16-17,21,26,30-31H,13-15,18-20,22-23H2,1H3,(H,39,44). The Morgan fingerprint density at radius 1 is 0.935 bits per heavy atom. The number of benzene rings is 2. The van der Waals surface area contributed by atoms with Gasteiger partial charge in [0.2, 0.25) is 0 Å². The fourth-order valence-electron chi connectivity index (χ4n) is 6.11. The van der Waals surface area contributed by atoms with Gasteiger partial charge in [0.1, 0.15) is 17.6 Å². The number of likely N-dealkylation sites (tertiary alicyclic amines) is 2. The Morgan fingerprint density at radius 2 is 1.67 bits per heavy atom. The van der Waals surface area contributed by atoms with E-state index in [-0.39, 0.29) is 35.4 Å². The van der Waals surface area contributed by atoms with Gasteiger partial charge in [0.15, 0.2) is 5.78 Å². The van der Waals surface area contributed by atoms with Gasteiger partial charge in [-0.05, 0) is 79.4 Å². The molecule has 0 radical (unpaired) electrons. The van der Waals surface area contributed by atoms with Crippen LogP contribution in [0.1, 0.15) is 56.0 Å². The van der Waals surface area contributed by atoms with E-state index in [1.54, 1.807) is 53.2 Å². The number of aromatic nitrogens is 3. The van der Waals surface area contributed by atoms with Crippen molar-refractivity contribution in [3.63, 3.8) is 0 Å². The maximum atomic E-state index is 15.1. The van der Waals surface area contributed by atoms with E-state index in [0.29, 0.717) is 56.8 Å². The lowest BCUT2D eigenvalue weighted by atomic mass is 9.88. The fraction of sp³-hybridized carbons (Fsp3) is 0.343. The summed E-state index contributed by atoms with van der Waals surface area (Å²) in [5, 5.41) is 7.05. The van der Waals surface area contributed by atoms with Crippen molar-refractivity contribution in [3.05, 3.63) is 108 Å². The molecule has 238 valence electrons. The lowest BCUT2D eigenvalue weighted by Crippen LogP contribution is -2.52. The van der Waals surface area contributed by atoms with Gasteiger partial charge in [0.25, 0.3) is 11.8 Å². The van der Waals surface area contributed by atoms with Crippen LogP contribution in [-0.2, 0) is 6.54 Å². The molecule has 2 aromatic heterocycles. The van der Waals surface area contributed by atoms with Crippen LogP contribution >= 0.6 is 0 Å². The molecule has 0 bridgehead atoms. The molecule has 11 heteroatoms. The number of pyridine rings is 1. The van der Waals surface area contributed by atoms with Crippen LogP contribution < -0.4 is 10.1 Å². The molecule has 2 aliphatic rings. The number of methoxy groups -OCH3 is 1. The molecule has 0 spiro atoms. The highest BCUT2D eigenvalue weighted by molar-refractivity contribution is 5.99. The van der Waals surface area contributed by atoms with E-state index >= 15 is 4.39 Å². The number of halogens is 1. The highest BCUT2D eigenvalue weighted by Gasteiger charge is 2.31. The average Bonchev–Trinajstić information content (AvgIpc) is 3.65. The summed E-state index contributed by atoms with van der Waals surface area (Å²) in [5.41, 5.74) is 3.18. The molecule has 2 fully saturated rings. The summed E-state index contributed by atoms with van der Waals surface area (Å²) in [6.45, 7) is 2.39. The van der Waals surface area contributed by atoms with Crippen LogP contribution in [0.15, 0.2) is 85.3 Å². The minimum Gasteiger partial charge on any atom is -0.497 e. The third-order valence-electron chi connectivity index (χ3n) is 8.83. The number of nitrogens with one attached hydrogen (secondary N) is 1. The second-order valence-corrected chi connectivity index (χ2v) is 11.8. The molecule has 6 rings (SSSR count). The summed E-state index contributed by atoms with van der Waals surface area (Å²) in [5.74, 6) is -0.0429. The van der Waals surface area contributed by atoms with Crippen LogP contribution in [0, 0.1) is 5.92 Å². The number of hydrogen-bond donors (Lipinski definition) is 1. The van der Waals surface area contributed by atoms with Crippen LogP contribution in [0.5, 0.6) is 5.75 Å². The van der Waals surface area contributed by atoms with Crippen LogP contribution in [0.3, 0.4) is 0 Å². The molecule has 0 saturated carbocycles. The Balaban J connectivity index is 0.957. The van der Waals surface area contributed by atoms with Gasteiger partial charge in [0.05, 0.1) is 24.4 Å². The van der Waals surface area contributed by atoms with Gasteiger partial charge in [-0.1, -0.05) is 12.1 Å². The summed E-state index contributed by atoms with van der Waals surface area (Å²) in [6.07, 6.45) is 5.38. The van der Waals surface area contributed by atoms with Gasteiger partial charge in [-0.25, -0.2) is 9.07 Å². The molecule has 10 nitrogen and oxygen atoms in total. The SMILES string of the molecule is COc1ccc(C(=O)C2CCN(C(=O)c3ccc(C(=O)NC4CCN(Cc5ccc(-n6cccn6)cc5)CC4F)cn3)CC2)cc1. The molecule has 2 aliphatic heterocycles. The molecule has 0 aliphatic carbocycles. The summed E-state index contributed by atoms with van der Waals surface area (Å²) in [6, 6.07) is 19.4. The van der Waals surface area contributed by atoms with E-state index in [9.17, 15) is 14.4 Å². The molecule has 4 aromatic rings. The van der Waals surface area contributed by atoms with E-state index < -0.39 is 18.1 Å². The van der Waals surface area contributed by atoms with Crippen LogP contribution in [0.4, 0.5) is 4.39 Å². The van der Waals surface area contributed by atoms with Crippen molar-refractivity contribution in [3.8, 4) is 11.4 Å². The number of piperidine rings is 2. The Morgan fingerprint density at radius 3 is 2.30 bits per heavy atom. The molecule has 2 saturated heterocycles. The van der Waals surface area contributed by atoms with Crippen molar-refractivity contribution >= 4 is 17.6 Å². The first-order valence-electron chi connectivity index (χ1n) is 15.6. The Bertz CT molecular complexity index is 1640. The minimum absolute atomic E-state index is 0.0704. The quantitative estimate of drug-likeness (QED) is 0.276. The second kappa shape index (κ2) is 14.0. The molecular formula is C35H37FN6O4. The summed E-state index contributed by atoms with van der Waals surface area (Å²) >= 11 is 0. The lowest BCUT2D eigenvalue weighted by Gasteiger charge is -2.35. The van der Waals surface area contributed by atoms with E-state index in [4.69, 9.17) is 4.74 Å². The third kappa shape index (κ3) is 7.15. The van der Waals surface area contributed by atoms with Gasteiger partial charge in [-0.2, -0.15) is 5.10 Å². The number of ether oxygens (including phenoxy) is 1. The molecule has 2 unspecified atom stereocenters. The van der Waals surface area contributed by atoms with Crippen molar-refractivity contribution in [1.29, 1.82) is 0 Å². The Labute approximate surface area is 267 Å². The molecule has 46 heavy (non-hydrogen) atoms. The second-order valence-electron chi connectivity index (χ2n) is 11.8. The van der Waals surface area contributed by atoms with E-state index in [0.717, 1.165) is 11.3 Å². The van der Waals surface area contributed by atoms with Gasteiger partial charge >= 0.3 is 0 Å². The van der Waals surface area contributed by atoms with Crippen molar-refractivity contribution < 1.29 is 23.5 Å². The normalized spacial score (nSPS) is 19.0. The number of carbonyl (C=O) groups is 3. The Hall–Kier alpha value is -4.90. The molecule has 1 N–H and O–H groups in total. The number of ketones is 1. The van der Waals surface area contributed by atoms with Crippen LogP contribution in [0.2, 0.25) is 0 Å². The van der Waals surface area contributed by atoms with Crippen LogP contribution in [0.25, 0.3) is 5.69 Å². The van der Waals surface area contributed by atoms with Gasteiger partial charge in [-0.3, -0.25) is 24.3 Å². The summed E-state index contributed by atoms with van der Waals surface area (Å²) < 4.78 is 22.1. The zero-order chi connectivity index (χ0) is 32.0. The Kier molecular flexibility index (Phi) is 9.49. The highest BCUT2D eigenvalue weighted by Crippen LogP contribution is 2.24. The zero-order valence-electron chi connectivity index (χ0n) is 25.7. The summed E-state index contributed by atoms with van der Waals surface area (Å²) in [7, 11) is 1.58. The lowest BCUT2D eigenvalue weighted by molar-refractivity contribution is 0.0645. The molecule has 2 aromatic carbocycles. The van der Waals surface area contributed by atoms with E-state index in [2.05, 4.69) is 20.3 Å². The molecular weight excluding hydrogens is 587 g/mol. The van der Waals surface area contributed by atoms with Crippen LogP contribution in [-0.4, -0.2) is 87.7 Å². The van der Waals surface area contributed by atoms with Gasteiger partial charge in [0, 0.05) is 62.8 Å². The first-order chi connectivity index (χ1) is 22.4. The number of rotatable bonds is 9. The van der Waals surface area contributed by atoms with Gasteiger partial charge < -0.3 is 15.0 Å². The largest absolute Gasteiger partial charge is 0.497 e. The molecule has 4 heterocycles. The number of carbonyl (C=O) groups excluding carboxylic acids is 3. The summed E-state index contributed by atoms with van der Waals surface area (Å²) in [4.78, 5) is 46.9.